The number of halogens is 1. The van der Waals surface area contributed by atoms with Crippen LogP contribution < -0.4 is 5.56 Å². The SMILES string of the molecule is CCCc1[nH]n(-c2nc3ccccc3s2)c(=O)c1C(C)=Nc1ccc(Cl)cc1C. The highest BCUT2D eigenvalue weighted by molar-refractivity contribution is 7.20. The van der Waals surface area contributed by atoms with Crippen LogP contribution in [0.15, 0.2) is 52.3 Å². The van der Waals surface area contributed by atoms with Crippen LogP contribution in [0.5, 0.6) is 0 Å². The molecular formula is C22H21ClN4OS. The van der Waals surface area contributed by atoms with E-state index in [1.54, 1.807) is 4.68 Å². The van der Waals surface area contributed by atoms with E-state index < -0.39 is 0 Å². The number of aromatic amines is 1. The van der Waals surface area contributed by atoms with Gasteiger partial charge < -0.3 is 0 Å². The van der Waals surface area contributed by atoms with Gasteiger partial charge in [0.25, 0.3) is 5.56 Å². The molecule has 0 atom stereocenters. The summed E-state index contributed by atoms with van der Waals surface area (Å²) < 4.78 is 2.59. The number of aliphatic imine (C=N–C) groups is 1. The van der Waals surface area contributed by atoms with Crippen LogP contribution in [0.1, 0.15) is 37.1 Å². The molecule has 2 aromatic carbocycles. The van der Waals surface area contributed by atoms with E-state index in [9.17, 15) is 4.79 Å². The fraction of sp³-hybridized carbons (Fsp3) is 0.227. The Balaban J connectivity index is 1.84. The average Bonchev–Trinajstić information content (AvgIpc) is 3.25. The van der Waals surface area contributed by atoms with Gasteiger partial charge in [0.05, 0.1) is 27.2 Å². The Kier molecular flexibility index (Phi) is 5.39. The molecule has 0 unspecified atom stereocenters. The highest BCUT2D eigenvalue weighted by Crippen LogP contribution is 2.25. The predicted octanol–water partition coefficient (Wildman–Crippen LogP) is 5.83. The number of aryl methyl sites for hydroxylation is 2. The molecule has 2 heterocycles. The van der Waals surface area contributed by atoms with E-state index in [0.29, 0.717) is 21.4 Å². The number of nitrogens with zero attached hydrogens (tertiary/aromatic N) is 3. The van der Waals surface area contributed by atoms with E-state index in [1.807, 2.05) is 56.3 Å². The third kappa shape index (κ3) is 3.78. The van der Waals surface area contributed by atoms with Crippen molar-refractivity contribution in [2.45, 2.75) is 33.6 Å². The van der Waals surface area contributed by atoms with Crippen LogP contribution in [0.25, 0.3) is 15.3 Å². The molecule has 0 aliphatic rings. The third-order valence-electron chi connectivity index (χ3n) is 4.75. The van der Waals surface area contributed by atoms with Gasteiger partial charge in [0.2, 0.25) is 5.13 Å². The van der Waals surface area contributed by atoms with Crippen LogP contribution in [0, 0.1) is 6.92 Å². The lowest BCUT2D eigenvalue weighted by Gasteiger charge is -2.04. The van der Waals surface area contributed by atoms with Crippen LogP contribution in [0.3, 0.4) is 0 Å². The standard InChI is InChI=1S/C22H21ClN4OS/c1-4-7-18-20(14(3)24-16-11-10-15(23)12-13(16)2)21(28)27(26-18)22-25-17-8-5-6-9-19(17)29-22/h5-6,8-12,26H,4,7H2,1-3H3. The second-order valence-corrected chi connectivity index (χ2v) is 8.39. The Morgan fingerprint density at radius 2 is 2.07 bits per heavy atom. The molecule has 0 bridgehead atoms. The van der Waals surface area contributed by atoms with Crippen LogP contribution in [-0.4, -0.2) is 20.5 Å². The zero-order chi connectivity index (χ0) is 20.5. The number of aromatic nitrogens is 3. The van der Waals surface area contributed by atoms with Gasteiger partial charge in [-0.2, -0.15) is 4.68 Å². The van der Waals surface area contributed by atoms with E-state index in [1.165, 1.54) is 11.3 Å². The first-order chi connectivity index (χ1) is 14.0. The monoisotopic (exact) mass is 424 g/mol. The maximum Gasteiger partial charge on any atom is 0.282 e. The summed E-state index contributed by atoms with van der Waals surface area (Å²) in [7, 11) is 0. The second kappa shape index (κ2) is 7.97. The Labute approximate surface area is 177 Å². The number of nitrogens with one attached hydrogen (secondary N) is 1. The first-order valence-electron chi connectivity index (χ1n) is 9.49. The lowest BCUT2D eigenvalue weighted by atomic mass is 10.1. The van der Waals surface area contributed by atoms with E-state index in [4.69, 9.17) is 16.6 Å². The van der Waals surface area contributed by atoms with Gasteiger partial charge in [-0.25, -0.2) is 4.98 Å². The Morgan fingerprint density at radius 1 is 1.28 bits per heavy atom. The molecule has 0 saturated heterocycles. The van der Waals surface area contributed by atoms with Crippen molar-refractivity contribution in [2.75, 3.05) is 0 Å². The van der Waals surface area contributed by atoms with Gasteiger partial charge in [0, 0.05) is 10.7 Å². The molecule has 0 amide bonds. The summed E-state index contributed by atoms with van der Waals surface area (Å²) in [5.41, 5.74) is 4.71. The third-order valence-corrected chi connectivity index (χ3v) is 6.00. The molecule has 0 aliphatic carbocycles. The van der Waals surface area contributed by atoms with Gasteiger partial charge in [-0.15, -0.1) is 0 Å². The molecule has 1 N–H and O–H groups in total. The summed E-state index contributed by atoms with van der Waals surface area (Å²) in [4.78, 5) is 22.7. The summed E-state index contributed by atoms with van der Waals surface area (Å²) in [6.07, 6.45) is 1.68. The van der Waals surface area contributed by atoms with Gasteiger partial charge in [-0.3, -0.25) is 14.9 Å². The van der Waals surface area contributed by atoms with Crippen molar-refractivity contribution in [2.24, 2.45) is 4.99 Å². The topological polar surface area (TPSA) is 63.0 Å². The Morgan fingerprint density at radius 3 is 2.79 bits per heavy atom. The second-order valence-electron chi connectivity index (χ2n) is 6.95. The van der Waals surface area contributed by atoms with Crippen molar-refractivity contribution in [3.63, 3.8) is 0 Å². The molecular weight excluding hydrogens is 404 g/mol. The molecule has 29 heavy (non-hydrogen) atoms. The van der Waals surface area contributed by atoms with Gasteiger partial charge in [-0.1, -0.05) is 48.4 Å². The molecule has 5 nitrogen and oxygen atoms in total. The number of benzene rings is 2. The van der Waals surface area contributed by atoms with Crippen molar-refractivity contribution in [3.05, 3.63) is 74.7 Å². The Bertz CT molecular complexity index is 1250. The number of fused-ring (bicyclic) bond motifs is 1. The predicted molar refractivity (Wildman–Crippen MR) is 122 cm³/mol. The van der Waals surface area contributed by atoms with Crippen molar-refractivity contribution in [1.82, 2.24) is 14.8 Å². The molecule has 4 aromatic rings. The quantitative estimate of drug-likeness (QED) is 0.409. The van der Waals surface area contributed by atoms with E-state index in [2.05, 4.69) is 17.0 Å². The van der Waals surface area contributed by atoms with Gasteiger partial charge in [-0.05, 0) is 56.2 Å². The molecule has 0 saturated carbocycles. The number of para-hydroxylation sites is 1. The fourth-order valence-corrected chi connectivity index (χ4v) is 4.51. The largest absolute Gasteiger partial charge is 0.292 e. The summed E-state index contributed by atoms with van der Waals surface area (Å²) >= 11 is 7.54. The number of hydrogen-bond acceptors (Lipinski definition) is 4. The summed E-state index contributed by atoms with van der Waals surface area (Å²) in [6, 6.07) is 13.4. The van der Waals surface area contributed by atoms with Crippen LogP contribution in [0.2, 0.25) is 5.02 Å². The van der Waals surface area contributed by atoms with Gasteiger partial charge in [0.1, 0.15) is 0 Å². The minimum atomic E-state index is -0.125. The summed E-state index contributed by atoms with van der Waals surface area (Å²) in [5, 5.41) is 4.58. The van der Waals surface area contributed by atoms with Crippen LogP contribution in [0.4, 0.5) is 5.69 Å². The average molecular weight is 425 g/mol. The maximum atomic E-state index is 13.3. The van der Waals surface area contributed by atoms with Gasteiger partial charge in [0.15, 0.2) is 0 Å². The highest BCUT2D eigenvalue weighted by atomic mass is 35.5. The fourth-order valence-electron chi connectivity index (χ4n) is 3.36. The van der Waals surface area contributed by atoms with Gasteiger partial charge >= 0.3 is 0 Å². The Hall–Kier alpha value is -2.70. The van der Waals surface area contributed by atoms with Crippen molar-refractivity contribution < 1.29 is 0 Å². The zero-order valence-corrected chi connectivity index (χ0v) is 18.1. The normalized spacial score (nSPS) is 12.1. The zero-order valence-electron chi connectivity index (χ0n) is 16.5. The van der Waals surface area contributed by atoms with Crippen molar-refractivity contribution in [1.29, 1.82) is 0 Å². The first kappa shape index (κ1) is 19.6. The molecule has 0 aliphatic heterocycles. The summed E-state index contributed by atoms with van der Waals surface area (Å²) in [6.45, 7) is 5.93. The lowest BCUT2D eigenvalue weighted by molar-refractivity contribution is 0.790. The highest BCUT2D eigenvalue weighted by Gasteiger charge is 2.19. The minimum absolute atomic E-state index is 0.125. The summed E-state index contributed by atoms with van der Waals surface area (Å²) in [5.74, 6) is 0. The van der Waals surface area contributed by atoms with E-state index in [0.717, 1.165) is 40.0 Å². The minimum Gasteiger partial charge on any atom is -0.292 e. The molecule has 4 rings (SSSR count). The molecule has 7 heteroatoms. The number of H-pyrrole nitrogens is 1. The number of thiazole rings is 1. The van der Waals surface area contributed by atoms with Crippen molar-refractivity contribution in [3.8, 4) is 5.13 Å². The van der Waals surface area contributed by atoms with E-state index in [-0.39, 0.29) is 5.56 Å². The molecule has 0 fully saturated rings. The van der Waals surface area contributed by atoms with Crippen LogP contribution in [-0.2, 0) is 6.42 Å². The maximum absolute atomic E-state index is 13.3. The molecule has 0 spiro atoms. The number of hydrogen-bond donors (Lipinski definition) is 1. The smallest absolute Gasteiger partial charge is 0.282 e. The van der Waals surface area contributed by atoms with E-state index >= 15 is 0 Å². The molecule has 0 radical (unpaired) electrons. The van der Waals surface area contributed by atoms with Crippen LogP contribution >= 0.6 is 22.9 Å². The lowest BCUT2D eigenvalue weighted by Crippen LogP contribution is -2.19. The first-order valence-corrected chi connectivity index (χ1v) is 10.7. The molecule has 148 valence electrons. The number of rotatable bonds is 5. The van der Waals surface area contributed by atoms with Crippen molar-refractivity contribution >= 4 is 44.6 Å². The molecule has 2 aromatic heterocycles.